The number of nitrogens with zero attached hydrogens (tertiary/aromatic N) is 2. The molecule has 1 aliphatic rings. The summed E-state index contributed by atoms with van der Waals surface area (Å²) in [5.41, 5.74) is 1.20. The molecule has 0 aromatic carbocycles. The van der Waals surface area contributed by atoms with Crippen molar-refractivity contribution in [2.75, 3.05) is 18.0 Å². The van der Waals surface area contributed by atoms with Gasteiger partial charge in [-0.25, -0.2) is 4.98 Å². The molecule has 1 aromatic rings. The van der Waals surface area contributed by atoms with Crippen LogP contribution in [0.1, 0.15) is 50.6 Å². The van der Waals surface area contributed by atoms with Crippen LogP contribution in [0.25, 0.3) is 0 Å². The summed E-state index contributed by atoms with van der Waals surface area (Å²) < 4.78 is 0. The fourth-order valence-electron chi connectivity index (χ4n) is 2.32. The maximum absolute atomic E-state index is 4.77. The third-order valence-corrected chi connectivity index (χ3v) is 5.38. The highest BCUT2D eigenvalue weighted by Crippen LogP contribution is 2.29. The van der Waals surface area contributed by atoms with E-state index >= 15 is 0 Å². The highest BCUT2D eigenvalue weighted by atomic mass is 32.1. The fourth-order valence-corrected chi connectivity index (χ4v) is 3.39. The minimum absolute atomic E-state index is 0.584. The molecule has 0 radical (unpaired) electrons. The lowest BCUT2D eigenvalue weighted by atomic mass is 10.00. The smallest absolute Gasteiger partial charge is 0.185 e. The molecule has 0 spiro atoms. The molecule has 1 saturated heterocycles. The Kier molecular flexibility index (Phi) is 5.22. The van der Waals surface area contributed by atoms with E-state index in [4.69, 9.17) is 4.98 Å². The minimum atomic E-state index is 0.584. The van der Waals surface area contributed by atoms with E-state index in [1.165, 1.54) is 48.1 Å². The topological polar surface area (TPSA) is 28.2 Å². The summed E-state index contributed by atoms with van der Waals surface area (Å²) in [6.07, 6.45) is 3.78. The predicted octanol–water partition coefficient (Wildman–Crippen LogP) is 3.58. The van der Waals surface area contributed by atoms with Crippen molar-refractivity contribution in [2.45, 2.75) is 59.5 Å². The number of rotatable bonds is 5. The summed E-state index contributed by atoms with van der Waals surface area (Å²) in [4.78, 5) is 8.63. The SMILES string of the molecule is CCC(C)NCc1sc(N2CCC(C)CC2)nc1C. The van der Waals surface area contributed by atoms with Gasteiger partial charge < -0.3 is 10.2 Å². The van der Waals surface area contributed by atoms with E-state index in [2.05, 4.69) is 37.9 Å². The third-order valence-electron chi connectivity index (χ3n) is 4.16. The Morgan fingerprint density at radius 3 is 2.74 bits per heavy atom. The van der Waals surface area contributed by atoms with Gasteiger partial charge in [0.2, 0.25) is 0 Å². The Labute approximate surface area is 121 Å². The Balaban J connectivity index is 1.96. The second-order valence-corrected chi connectivity index (χ2v) is 6.93. The van der Waals surface area contributed by atoms with Gasteiger partial charge in [0.05, 0.1) is 5.69 Å². The van der Waals surface area contributed by atoms with Crippen molar-refractivity contribution in [3.63, 3.8) is 0 Å². The molecule has 19 heavy (non-hydrogen) atoms. The third kappa shape index (κ3) is 3.93. The summed E-state index contributed by atoms with van der Waals surface area (Å²) in [5, 5.41) is 4.79. The predicted molar refractivity (Wildman–Crippen MR) is 84.1 cm³/mol. The first kappa shape index (κ1) is 14.8. The molecule has 2 heterocycles. The van der Waals surface area contributed by atoms with Gasteiger partial charge in [0.1, 0.15) is 0 Å². The Bertz CT molecular complexity index is 394. The van der Waals surface area contributed by atoms with Gasteiger partial charge in [-0.2, -0.15) is 0 Å². The second kappa shape index (κ2) is 6.71. The number of piperidine rings is 1. The lowest BCUT2D eigenvalue weighted by molar-refractivity contribution is 0.438. The number of anilines is 1. The van der Waals surface area contributed by atoms with Crippen molar-refractivity contribution in [3.8, 4) is 0 Å². The summed E-state index contributed by atoms with van der Waals surface area (Å²) >= 11 is 1.87. The van der Waals surface area contributed by atoms with Gasteiger partial charge in [0.25, 0.3) is 0 Å². The molecule has 1 fully saturated rings. The average molecular weight is 281 g/mol. The van der Waals surface area contributed by atoms with Crippen molar-refractivity contribution in [2.24, 2.45) is 5.92 Å². The van der Waals surface area contributed by atoms with Crippen molar-refractivity contribution in [3.05, 3.63) is 10.6 Å². The van der Waals surface area contributed by atoms with Crippen LogP contribution in [0, 0.1) is 12.8 Å². The van der Waals surface area contributed by atoms with Crippen LogP contribution in [0.4, 0.5) is 5.13 Å². The first-order chi connectivity index (χ1) is 9.10. The van der Waals surface area contributed by atoms with E-state index in [-0.39, 0.29) is 0 Å². The van der Waals surface area contributed by atoms with Gasteiger partial charge in [-0.3, -0.25) is 0 Å². The number of hydrogen-bond donors (Lipinski definition) is 1. The van der Waals surface area contributed by atoms with E-state index in [9.17, 15) is 0 Å². The summed E-state index contributed by atoms with van der Waals surface area (Å²) in [5.74, 6) is 0.879. The van der Waals surface area contributed by atoms with E-state index < -0.39 is 0 Å². The lowest BCUT2D eigenvalue weighted by Gasteiger charge is -2.29. The second-order valence-electron chi connectivity index (χ2n) is 5.86. The van der Waals surface area contributed by atoms with Crippen LogP contribution >= 0.6 is 11.3 Å². The van der Waals surface area contributed by atoms with Gasteiger partial charge >= 0.3 is 0 Å². The number of aromatic nitrogens is 1. The zero-order valence-electron chi connectivity index (χ0n) is 12.7. The van der Waals surface area contributed by atoms with Gasteiger partial charge in [-0.15, -0.1) is 11.3 Å². The van der Waals surface area contributed by atoms with Crippen molar-refractivity contribution in [1.82, 2.24) is 10.3 Å². The molecule has 2 rings (SSSR count). The summed E-state index contributed by atoms with van der Waals surface area (Å²) in [7, 11) is 0. The van der Waals surface area contributed by atoms with E-state index in [0.29, 0.717) is 6.04 Å². The quantitative estimate of drug-likeness (QED) is 0.894. The first-order valence-electron chi connectivity index (χ1n) is 7.54. The molecule has 1 atom stereocenters. The van der Waals surface area contributed by atoms with E-state index in [1.807, 2.05) is 11.3 Å². The van der Waals surface area contributed by atoms with Gasteiger partial charge in [0.15, 0.2) is 5.13 Å². The van der Waals surface area contributed by atoms with Crippen LogP contribution < -0.4 is 10.2 Å². The molecule has 0 bridgehead atoms. The molecular formula is C15H27N3S. The number of thiazole rings is 1. The number of hydrogen-bond acceptors (Lipinski definition) is 4. The molecular weight excluding hydrogens is 254 g/mol. The largest absolute Gasteiger partial charge is 0.348 e. The van der Waals surface area contributed by atoms with Crippen molar-refractivity contribution < 1.29 is 0 Å². The first-order valence-corrected chi connectivity index (χ1v) is 8.36. The molecule has 0 aliphatic carbocycles. The van der Waals surface area contributed by atoms with Crippen LogP contribution in [0.3, 0.4) is 0 Å². The molecule has 1 aromatic heterocycles. The normalized spacial score (nSPS) is 18.8. The molecule has 108 valence electrons. The standard InChI is InChI=1S/C15H27N3S/c1-5-12(3)16-10-14-13(4)17-15(19-14)18-8-6-11(2)7-9-18/h11-12,16H,5-10H2,1-4H3. The molecule has 1 aliphatic heterocycles. The number of nitrogens with one attached hydrogen (secondary N) is 1. The zero-order valence-corrected chi connectivity index (χ0v) is 13.5. The summed E-state index contributed by atoms with van der Waals surface area (Å²) in [6.45, 7) is 12.3. The Morgan fingerprint density at radius 2 is 2.11 bits per heavy atom. The Hall–Kier alpha value is -0.610. The van der Waals surface area contributed by atoms with Gasteiger partial charge in [-0.05, 0) is 39.0 Å². The van der Waals surface area contributed by atoms with Crippen LogP contribution in [-0.2, 0) is 6.54 Å². The number of aryl methyl sites for hydroxylation is 1. The molecule has 4 heteroatoms. The molecule has 1 unspecified atom stereocenters. The average Bonchev–Trinajstić information content (AvgIpc) is 2.78. The molecule has 0 amide bonds. The highest BCUT2D eigenvalue weighted by molar-refractivity contribution is 7.15. The van der Waals surface area contributed by atoms with Crippen LogP contribution in [0.15, 0.2) is 0 Å². The molecule has 3 nitrogen and oxygen atoms in total. The van der Waals surface area contributed by atoms with Crippen molar-refractivity contribution >= 4 is 16.5 Å². The monoisotopic (exact) mass is 281 g/mol. The van der Waals surface area contributed by atoms with Gasteiger partial charge in [-0.1, -0.05) is 13.8 Å². The van der Waals surface area contributed by atoms with Gasteiger partial charge in [0, 0.05) is 30.6 Å². The summed E-state index contributed by atoms with van der Waals surface area (Å²) in [6, 6.07) is 0.584. The van der Waals surface area contributed by atoms with E-state index in [1.54, 1.807) is 0 Å². The maximum atomic E-state index is 4.77. The minimum Gasteiger partial charge on any atom is -0.348 e. The lowest BCUT2D eigenvalue weighted by Crippen LogP contribution is -2.32. The molecule has 1 N–H and O–H groups in total. The van der Waals surface area contributed by atoms with Crippen molar-refractivity contribution in [1.29, 1.82) is 0 Å². The fraction of sp³-hybridized carbons (Fsp3) is 0.800. The maximum Gasteiger partial charge on any atom is 0.185 e. The Morgan fingerprint density at radius 1 is 1.42 bits per heavy atom. The molecule has 0 saturated carbocycles. The van der Waals surface area contributed by atoms with Crippen LogP contribution in [-0.4, -0.2) is 24.1 Å². The van der Waals surface area contributed by atoms with Crippen LogP contribution in [0.2, 0.25) is 0 Å². The zero-order chi connectivity index (χ0) is 13.8. The van der Waals surface area contributed by atoms with E-state index in [0.717, 1.165) is 12.5 Å². The highest BCUT2D eigenvalue weighted by Gasteiger charge is 2.19. The van der Waals surface area contributed by atoms with Crippen LogP contribution in [0.5, 0.6) is 0 Å².